The Balaban J connectivity index is 1.58. The molecule has 1 fully saturated rings. The maximum atomic E-state index is 13.7. The predicted molar refractivity (Wildman–Crippen MR) is 101 cm³/mol. The highest BCUT2D eigenvalue weighted by molar-refractivity contribution is 5.86. The van der Waals surface area contributed by atoms with E-state index in [0.29, 0.717) is 17.0 Å². The Bertz CT molecular complexity index is 1120. The third-order valence-electron chi connectivity index (χ3n) is 5.12. The van der Waals surface area contributed by atoms with E-state index in [2.05, 4.69) is 15.3 Å². The molecule has 7 heteroatoms. The lowest BCUT2D eigenvalue weighted by molar-refractivity contribution is -0.122. The van der Waals surface area contributed by atoms with Crippen LogP contribution < -0.4 is 10.9 Å². The number of amides is 1. The van der Waals surface area contributed by atoms with E-state index in [-0.39, 0.29) is 17.7 Å². The van der Waals surface area contributed by atoms with E-state index in [1.54, 1.807) is 25.3 Å². The van der Waals surface area contributed by atoms with E-state index >= 15 is 0 Å². The number of halogens is 2. The van der Waals surface area contributed by atoms with Gasteiger partial charge in [-0.3, -0.25) is 14.6 Å². The molecule has 1 aromatic carbocycles. The number of pyridine rings is 2. The van der Waals surface area contributed by atoms with E-state index < -0.39 is 23.5 Å². The first-order chi connectivity index (χ1) is 13.4. The van der Waals surface area contributed by atoms with Gasteiger partial charge >= 0.3 is 0 Å². The Morgan fingerprint density at radius 3 is 2.79 bits per heavy atom. The zero-order valence-corrected chi connectivity index (χ0v) is 15.3. The first-order valence-electron chi connectivity index (χ1n) is 9.17. The predicted octanol–water partition coefficient (Wildman–Crippen LogP) is 3.50. The molecule has 3 aromatic rings. The SMILES string of the molecule is C[C@@H](C(=O)NCc1ccc(F)cc1F)c1cc2c(C3CC3)nccc2[nH]c1=O. The van der Waals surface area contributed by atoms with Crippen molar-refractivity contribution in [2.24, 2.45) is 0 Å². The fourth-order valence-electron chi connectivity index (χ4n) is 3.31. The number of nitrogens with one attached hydrogen (secondary N) is 2. The summed E-state index contributed by atoms with van der Waals surface area (Å²) in [4.78, 5) is 32.3. The lowest BCUT2D eigenvalue weighted by atomic mass is 9.99. The molecule has 1 aliphatic rings. The summed E-state index contributed by atoms with van der Waals surface area (Å²) in [6.45, 7) is 1.54. The molecular weight excluding hydrogens is 364 g/mol. The fraction of sp³-hybridized carbons (Fsp3) is 0.286. The number of hydrogen-bond donors (Lipinski definition) is 2. The maximum absolute atomic E-state index is 13.7. The molecule has 0 unspecified atom stereocenters. The van der Waals surface area contributed by atoms with Crippen molar-refractivity contribution in [3.63, 3.8) is 0 Å². The van der Waals surface area contributed by atoms with Gasteiger partial charge in [-0.2, -0.15) is 0 Å². The summed E-state index contributed by atoms with van der Waals surface area (Å²) in [6, 6.07) is 6.66. The molecule has 0 aliphatic heterocycles. The minimum Gasteiger partial charge on any atom is -0.351 e. The zero-order chi connectivity index (χ0) is 19.8. The van der Waals surface area contributed by atoms with E-state index in [9.17, 15) is 18.4 Å². The monoisotopic (exact) mass is 383 g/mol. The van der Waals surface area contributed by atoms with Crippen LogP contribution in [0, 0.1) is 11.6 Å². The van der Waals surface area contributed by atoms with Crippen LogP contribution in [0.4, 0.5) is 8.78 Å². The van der Waals surface area contributed by atoms with Gasteiger partial charge in [0.1, 0.15) is 11.6 Å². The summed E-state index contributed by atoms with van der Waals surface area (Å²) in [5.74, 6) is -2.15. The second-order valence-electron chi connectivity index (χ2n) is 7.16. The highest BCUT2D eigenvalue weighted by Gasteiger charge is 2.28. The standard InChI is InChI=1S/C21H19F2N3O2/c1-11(20(27)25-10-13-4-5-14(22)8-17(13)23)15-9-16-18(26-21(15)28)6-7-24-19(16)12-2-3-12/h4-9,11-12H,2-3,10H2,1H3,(H,25,27)(H,26,28)/t11-/m1/s1. The number of carbonyl (C=O) groups is 1. The van der Waals surface area contributed by atoms with Gasteiger partial charge in [-0.25, -0.2) is 8.78 Å². The van der Waals surface area contributed by atoms with Crippen LogP contribution >= 0.6 is 0 Å². The molecule has 1 saturated carbocycles. The van der Waals surface area contributed by atoms with Gasteiger partial charge in [0.05, 0.1) is 17.1 Å². The Morgan fingerprint density at radius 1 is 1.29 bits per heavy atom. The van der Waals surface area contributed by atoms with Crippen LogP contribution in [0.25, 0.3) is 10.9 Å². The lowest BCUT2D eigenvalue weighted by Gasteiger charge is -2.14. The molecule has 0 spiro atoms. The number of H-pyrrole nitrogens is 1. The van der Waals surface area contributed by atoms with E-state index in [1.165, 1.54) is 6.07 Å². The van der Waals surface area contributed by atoms with Gasteiger partial charge in [-0.15, -0.1) is 0 Å². The number of benzene rings is 1. The summed E-state index contributed by atoms with van der Waals surface area (Å²) in [5, 5.41) is 3.46. The second kappa shape index (κ2) is 7.14. The smallest absolute Gasteiger partial charge is 0.252 e. The minimum absolute atomic E-state index is 0.0876. The maximum Gasteiger partial charge on any atom is 0.252 e. The van der Waals surface area contributed by atoms with Crippen LogP contribution in [0.2, 0.25) is 0 Å². The number of fused-ring (bicyclic) bond motifs is 1. The van der Waals surface area contributed by atoms with Crippen LogP contribution in [-0.4, -0.2) is 15.9 Å². The Morgan fingerprint density at radius 2 is 2.07 bits per heavy atom. The molecule has 28 heavy (non-hydrogen) atoms. The molecule has 2 heterocycles. The van der Waals surface area contributed by atoms with E-state index in [4.69, 9.17) is 0 Å². The number of nitrogens with zero attached hydrogens (tertiary/aromatic N) is 1. The molecule has 0 radical (unpaired) electrons. The largest absolute Gasteiger partial charge is 0.351 e. The van der Waals surface area contributed by atoms with Crippen LogP contribution in [0.15, 0.2) is 41.3 Å². The van der Waals surface area contributed by atoms with Crippen LogP contribution in [0.5, 0.6) is 0 Å². The molecule has 4 rings (SSSR count). The molecule has 5 nitrogen and oxygen atoms in total. The van der Waals surface area contributed by atoms with E-state index in [1.807, 2.05) is 0 Å². The van der Waals surface area contributed by atoms with Gasteiger partial charge < -0.3 is 10.3 Å². The number of aromatic nitrogens is 2. The average Bonchev–Trinajstić information content (AvgIpc) is 3.50. The van der Waals surface area contributed by atoms with Gasteiger partial charge in [0.25, 0.3) is 5.56 Å². The highest BCUT2D eigenvalue weighted by Crippen LogP contribution is 2.41. The third kappa shape index (κ3) is 3.52. The van der Waals surface area contributed by atoms with Gasteiger partial charge in [0.2, 0.25) is 5.91 Å². The molecule has 0 saturated heterocycles. The van der Waals surface area contributed by atoms with Crippen LogP contribution in [0.3, 0.4) is 0 Å². The number of aromatic amines is 1. The number of rotatable bonds is 5. The summed E-state index contributed by atoms with van der Waals surface area (Å²) in [6.07, 6.45) is 3.82. The number of hydrogen-bond acceptors (Lipinski definition) is 3. The molecule has 1 amide bonds. The van der Waals surface area contributed by atoms with Crippen molar-refractivity contribution in [1.29, 1.82) is 0 Å². The summed E-state index contributed by atoms with van der Waals surface area (Å²) in [5.41, 5.74) is 1.81. The molecule has 1 aliphatic carbocycles. The van der Waals surface area contributed by atoms with Gasteiger partial charge in [-0.1, -0.05) is 6.07 Å². The molecule has 0 bridgehead atoms. The minimum atomic E-state index is -0.732. The highest BCUT2D eigenvalue weighted by atomic mass is 19.1. The van der Waals surface area contributed by atoms with Gasteiger partial charge in [0.15, 0.2) is 0 Å². The first kappa shape index (κ1) is 18.3. The van der Waals surface area contributed by atoms with Crippen molar-refractivity contribution >= 4 is 16.8 Å². The van der Waals surface area contributed by atoms with E-state index in [0.717, 1.165) is 36.1 Å². The Hall–Kier alpha value is -3.09. The molecule has 144 valence electrons. The summed E-state index contributed by atoms with van der Waals surface area (Å²) >= 11 is 0. The topological polar surface area (TPSA) is 74.8 Å². The zero-order valence-electron chi connectivity index (χ0n) is 15.3. The average molecular weight is 383 g/mol. The summed E-state index contributed by atoms with van der Waals surface area (Å²) in [7, 11) is 0. The second-order valence-corrected chi connectivity index (χ2v) is 7.16. The lowest BCUT2D eigenvalue weighted by Crippen LogP contribution is -2.31. The van der Waals surface area contributed by atoms with Crippen molar-refractivity contribution < 1.29 is 13.6 Å². The molecule has 1 atom stereocenters. The normalized spacial score (nSPS) is 14.8. The molecule has 2 N–H and O–H groups in total. The number of carbonyl (C=O) groups excluding carboxylic acids is 1. The van der Waals surface area contributed by atoms with Crippen molar-refractivity contribution in [1.82, 2.24) is 15.3 Å². The summed E-state index contributed by atoms with van der Waals surface area (Å²) < 4.78 is 26.7. The van der Waals surface area contributed by atoms with Crippen molar-refractivity contribution in [2.75, 3.05) is 0 Å². The van der Waals surface area contributed by atoms with Crippen LogP contribution in [-0.2, 0) is 11.3 Å². The fourth-order valence-corrected chi connectivity index (χ4v) is 3.31. The van der Waals surface area contributed by atoms with Crippen molar-refractivity contribution in [3.05, 3.63) is 75.3 Å². The van der Waals surface area contributed by atoms with Gasteiger partial charge in [-0.05, 0) is 38.0 Å². The molecular formula is C21H19F2N3O2. The van der Waals surface area contributed by atoms with Crippen molar-refractivity contribution in [3.8, 4) is 0 Å². The molecule has 2 aromatic heterocycles. The Labute approximate surface area is 159 Å². The van der Waals surface area contributed by atoms with Crippen LogP contribution in [0.1, 0.15) is 48.4 Å². The Kier molecular flexibility index (Phi) is 4.66. The third-order valence-corrected chi connectivity index (χ3v) is 5.12. The van der Waals surface area contributed by atoms with Gasteiger partial charge in [0, 0.05) is 41.2 Å². The van der Waals surface area contributed by atoms with Crippen molar-refractivity contribution in [2.45, 2.75) is 38.1 Å². The first-order valence-corrected chi connectivity index (χ1v) is 9.17. The quantitative estimate of drug-likeness (QED) is 0.708.